The highest BCUT2D eigenvalue weighted by Gasteiger charge is 2.25. The smallest absolute Gasteiger partial charge is 0.263 e. The lowest BCUT2D eigenvalue weighted by Gasteiger charge is -2.22. The Morgan fingerprint density at radius 1 is 1.43 bits per heavy atom. The van der Waals surface area contributed by atoms with Gasteiger partial charge in [0, 0.05) is 31.5 Å². The lowest BCUT2D eigenvalue weighted by Crippen LogP contribution is -2.27. The van der Waals surface area contributed by atoms with Crippen molar-refractivity contribution >= 4 is 17.5 Å². The van der Waals surface area contributed by atoms with Crippen molar-refractivity contribution in [3.8, 4) is 5.88 Å². The minimum atomic E-state index is -0.316. The van der Waals surface area contributed by atoms with E-state index in [1.165, 1.54) is 0 Å². The van der Waals surface area contributed by atoms with Gasteiger partial charge in [0.1, 0.15) is 12.2 Å². The third kappa shape index (κ3) is 3.60. The number of carbonyl (C=O) groups is 2. The zero-order chi connectivity index (χ0) is 19.7. The molecule has 2 aromatic rings. The summed E-state index contributed by atoms with van der Waals surface area (Å²) in [6, 6.07) is 5.33. The van der Waals surface area contributed by atoms with Gasteiger partial charge >= 0.3 is 0 Å². The molecule has 148 valence electrons. The second kappa shape index (κ2) is 7.63. The first-order chi connectivity index (χ1) is 13.5. The molecule has 3 heterocycles. The van der Waals surface area contributed by atoms with E-state index in [4.69, 9.17) is 9.47 Å². The largest absolute Gasteiger partial charge is 0.475 e. The van der Waals surface area contributed by atoms with Crippen molar-refractivity contribution in [1.82, 2.24) is 15.1 Å². The van der Waals surface area contributed by atoms with E-state index < -0.39 is 0 Å². The van der Waals surface area contributed by atoms with Crippen molar-refractivity contribution in [1.29, 1.82) is 0 Å². The molecule has 2 N–H and O–H groups in total. The molecule has 0 aliphatic carbocycles. The van der Waals surface area contributed by atoms with Crippen LogP contribution in [0.4, 0.5) is 5.69 Å². The number of carbonyl (C=O) groups excluding carboxylic acids is 2. The zero-order valence-electron chi connectivity index (χ0n) is 16.1. The Morgan fingerprint density at radius 3 is 3.07 bits per heavy atom. The van der Waals surface area contributed by atoms with Crippen molar-refractivity contribution in [2.45, 2.75) is 38.8 Å². The molecule has 8 nitrogen and oxygen atoms in total. The van der Waals surface area contributed by atoms with Gasteiger partial charge in [-0.3, -0.25) is 9.59 Å². The molecule has 0 unspecified atom stereocenters. The Balaban J connectivity index is 1.51. The zero-order valence-corrected chi connectivity index (χ0v) is 16.1. The van der Waals surface area contributed by atoms with Gasteiger partial charge < -0.3 is 20.1 Å². The maximum Gasteiger partial charge on any atom is 0.263 e. The number of nitrogens with one attached hydrogen (secondary N) is 2. The Morgan fingerprint density at radius 2 is 2.29 bits per heavy atom. The molecule has 0 radical (unpaired) electrons. The monoisotopic (exact) mass is 384 g/mol. The molecule has 0 bridgehead atoms. The van der Waals surface area contributed by atoms with Gasteiger partial charge in [-0.1, -0.05) is 6.07 Å². The highest BCUT2D eigenvalue weighted by Crippen LogP contribution is 2.26. The summed E-state index contributed by atoms with van der Waals surface area (Å²) in [4.78, 5) is 24.8. The molecule has 2 aliphatic rings. The highest BCUT2D eigenvalue weighted by atomic mass is 16.5. The fourth-order valence-corrected chi connectivity index (χ4v) is 3.66. The number of anilines is 1. The summed E-state index contributed by atoms with van der Waals surface area (Å²) in [5.74, 6) is -0.0215. The molecule has 1 saturated heterocycles. The number of aryl methyl sites for hydroxylation is 2. The fourth-order valence-electron chi connectivity index (χ4n) is 3.66. The number of fused-ring (bicyclic) bond motifs is 1. The second-order valence-corrected chi connectivity index (χ2v) is 7.20. The summed E-state index contributed by atoms with van der Waals surface area (Å²) in [5.41, 5.74) is 3.05. The van der Waals surface area contributed by atoms with Crippen LogP contribution < -0.4 is 15.4 Å². The SMILES string of the molecule is Cc1nn(C)c(OC[C@H]2CCCCO2)c1C(=O)Nc1ccc2c(c1)C(=O)NC2. The number of hydrogen-bond donors (Lipinski definition) is 2. The highest BCUT2D eigenvalue weighted by molar-refractivity contribution is 6.07. The topological polar surface area (TPSA) is 94.5 Å². The van der Waals surface area contributed by atoms with Crippen molar-refractivity contribution in [3.05, 3.63) is 40.6 Å². The van der Waals surface area contributed by atoms with E-state index in [0.717, 1.165) is 31.4 Å². The van der Waals surface area contributed by atoms with Crippen LogP contribution in [-0.2, 0) is 18.3 Å². The fraction of sp³-hybridized carbons (Fsp3) is 0.450. The number of aromatic nitrogens is 2. The van der Waals surface area contributed by atoms with E-state index in [2.05, 4.69) is 15.7 Å². The van der Waals surface area contributed by atoms with E-state index >= 15 is 0 Å². The standard InChI is InChI=1S/C20H24N4O4/c1-12-17(20(24(2)23-12)28-11-15-5-3-4-8-27-15)19(26)22-14-7-6-13-10-21-18(25)16(13)9-14/h6-7,9,15H,3-5,8,10-11H2,1-2H3,(H,21,25)(H,22,26)/t15-/m1/s1. The Kier molecular flexibility index (Phi) is 5.04. The van der Waals surface area contributed by atoms with Crippen LogP contribution in [0.1, 0.15) is 51.2 Å². The van der Waals surface area contributed by atoms with Gasteiger partial charge in [-0.15, -0.1) is 0 Å². The molecule has 1 aromatic carbocycles. The van der Waals surface area contributed by atoms with Crippen molar-refractivity contribution in [2.75, 3.05) is 18.5 Å². The van der Waals surface area contributed by atoms with Crippen LogP contribution in [0.3, 0.4) is 0 Å². The summed E-state index contributed by atoms with van der Waals surface area (Å²) in [7, 11) is 1.75. The second-order valence-electron chi connectivity index (χ2n) is 7.20. The molecular weight excluding hydrogens is 360 g/mol. The summed E-state index contributed by atoms with van der Waals surface area (Å²) in [6.45, 7) is 3.43. The number of rotatable bonds is 5. The average molecular weight is 384 g/mol. The maximum atomic E-state index is 12.9. The summed E-state index contributed by atoms with van der Waals surface area (Å²) >= 11 is 0. The first-order valence-corrected chi connectivity index (χ1v) is 9.53. The molecule has 8 heteroatoms. The normalized spacial score (nSPS) is 18.5. The van der Waals surface area contributed by atoms with Crippen molar-refractivity contribution in [3.63, 3.8) is 0 Å². The van der Waals surface area contributed by atoms with Gasteiger partial charge in [0.25, 0.3) is 11.8 Å². The molecule has 2 aliphatic heterocycles. The van der Waals surface area contributed by atoms with Gasteiger partial charge in [-0.25, -0.2) is 4.68 Å². The van der Waals surface area contributed by atoms with Gasteiger partial charge in [-0.2, -0.15) is 5.10 Å². The Bertz CT molecular complexity index is 915. The van der Waals surface area contributed by atoms with Gasteiger partial charge in [0.2, 0.25) is 5.88 Å². The number of hydrogen-bond acceptors (Lipinski definition) is 5. The minimum Gasteiger partial charge on any atom is -0.475 e. The van der Waals surface area contributed by atoms with Crippen LogP contribution in [0.15, 0.2) is 18.2 Å². The van der Waals surface area contributed by atoms with Gasteiger partial charge in [0.05, 0.1) is 11.8 Å². The minimum absolute atomic E-state index is 0.0371. The third-order valence-electron chi connectivity index (χ3n) is 5.13. The van der Waals surface area contributed by atoms with E-state index in [1.54, 1.807) is 30.8 Å². The molecule has 28 heavy (non-hydrogen) atoms. The summed E-state index contributed by atoms with van der Waals surface area (Å²) < 4.78 is 13.2. The van der Waals surface area contributed by atoms with Gasteiger partial charge in [0.15, 0.2) is 0 Å². The van der Waals surface area contributed by atoms with Gasteiger partial charge in [-0.05, 0) is 43.9 Å². The van der Waals surface area contributed by atoms with Crippen LogP contribution in [0.2, 0.25) is 0 Å². The molecule has 1 atom stereocenters. The van der Waals surface area contributed by atoms with Crippen molar-refractivity contribution in [2.24, 2.45) is 7.05 Å². The van der Waals surface area contributed by atoms with Crippen molar-refractivity contribution < 1.29 is 19.1 Å². The van der Waals surface area contributed by atoms with Crippen LogP contribution >= 0.6 is 0 Å². The lowest BCUT2D eigenvalue weighted by atomic mass is 10.1. The molecule has 0 spiro atoms. The third-order valence-corrected chi connectivity index (χ3v) is 5.13. The number of amides is 2. The molecule has 1 aromatic heterocycles. The van der Waals surface area contributed by atoms with E-state index in [-0.39, 0.29) is 17.9 Å². The maximum absolute atomic E-state index is 12.9. The summed E-state index contributed by atoms with van der Waals surface area (Å²) in [6.07, 6.45) is 3.19. The predicted molar refractivity (Wildman–Crippen MR) is 103 cm³/mol. The van der Waals surface area contributed by atoms with Crippen LogP contribution in [0.5, 0.6) is 5.88 Å². The van der Waals surface area contributed by atoms with E-state index in [1.807, 2.05) is 6.07 Å². The Labute approximate surface area is 163 Å². The Hall–Kier alpha value is -2.87. The molecular formula is C20H24N4O4. The van der Waals surface area contributed by atoms with E-state index in [9.17, 15) is 9.59 Å². The first-order valence-electron chi connectivity index (χ1n) is 9.53. The lowest BCUT2D eigenvalue weighted by molar-refractivity contribution is -0.0128. The van der Waals surface area contributed by atoms with E-state index in [0.29, 0.717) is 41.5 Å². The van der Waals surface area contributed by atoms with Crippen LogP contribution in [0, 0.1) is 6.92 Å². The predicted octanol–water partition coefficient (Wildman–Crippen LogP) is 2.17. The molecule has 4 rings (SSSR count). The average Bonchev–Trinajstić information content (AvgIpc) is 3.19. The molecule has 1 fully saturated rings. The summed E-state index contributed by atoms with van der Waals surface area (Å²) in [5, 5.41) is 9.96. The molecule has 0 saturated carbocycles. The first kappa shape index (κ1) is 18.5. The van der Waals surface area contributed by atoms with Crippen LogP contribution in [-0.4, -0.2) is 40.9 Å². The number of benzene rings is 1. The number of nitrogens with zero attached hydrogens (tertiary/aromatic N) is 2. The number of ether oxygens (including phenoxy) is 2. The van der Waals surface area contributed by atoms with Crippen LogP contribution in [0.25, 0.3) is 0 Å². The quantitative estimate of drug-likeness (QED) is 0.824. The molecule has 2 amide bonds.